The van der Waals surface area contributed by atoms with Gasteiger partial charge in [0.15, 0.2) is 0 Å². The Hall–Kier alpha value is -2.62. The molecular formula is C20H21NO3. The third kappa shape index (κ3) is 4.22. The van der Waals surface area contributed by atoms with Gasteiger partial charge in [-0.25, -0.2) is 0 Å². The summed E-state index contributed by atoms with van der Waals surface area (Å²) in [4.78, 5) is 24.2. The molecule has 0 radical (unpaired) electrons. The number of hydrogen-bond acceptors (Lipinski definition) is 3. The van der Waals surface area contributed by atoms with Crippen LogP contribution in [0.1, 0.15) is 42.5 Å². The summed E-state index contributed by atoms with van der Waals surface area (Å²) in [6, 6.07) is 15.9. The largest absolute Gasteiger partial charge is 0.426 e. The lowest BCUT2D eigenvalue weighted by Gasteiger charge is -2.19. The van der Waals surface area contributed by atoms with E-state index in [0.29, 0.717) is 17.0 Å². The second-order valence-corrected chi connectivity index (χ2v) is 6.10. The number of hydrogen-bond donors (Lipinski definition) is 1. The van der Waals surface area contributed by atoms with E-state index in [1.807, 2.05) is 18.2 Å². The van der Waals surface area contributed by atoms with Gasteiger partial charge in [0.1, 0.15) is 5.75 Å². The number of benzene rings is 2. The molecule has 0 atom stereocenters. The van der Waals surface area contributed by atoms with Crippen LogP contribution in [-0.2, 0) is 4.79 Å². The van der Waals surface area contributed by atoms with Gasteiger partial charge in [-0.2, -0.15) is 0 Å². The molecule has 1 saturated carbocycles. The monoisotopic (exact) mass is 323 g/mol. The zero-order chi connectivity index (χ0) is 16.8. The Morgan fingerprint density at radius 3 is 2.21 bits per heavy atom. The molecule has 1 aliphatic carbocycles. The lowest BCUT2D eigenvalue weighted by molar-refractivity contribution is -0.139. The molecule has 2 aromatic carbocycles. The Morgan fingerprint density at radius 1 is 0.875 bits per heavy atom. The van der Waals surface area contributed by atoms with E-state index in [4.69, 9.17) is 4.74 Å². The first-order chi connectivity index (χ1) is 11.7. The van der Waals surface area contributed by atoms with E-state index in [9.17, 15) is 9.59 Å². The van der Waals surface area contributed by atoms with Gasteiger partial charge in [0.05, 0.1) is 5.92 Å². The van der Waals surface area contributed by atoms with E-state index in [-0.39, 0.29) is 17.8 Å². The maximum atomic E-state index is 12.1. The van der Waals surface area contributed by atoms with Crippen LogP contribution in [-0.4, -0.2) is 11.9 Å². The maximum absolute atomic E-state index is 12.1. The molecule has 0 bridgehead atoms. The van der Waals surface area contributed by atoms with E-state index >= 15 is 0 Å². The molecule has 1 amide bonds. The summed E-state index contributed by atoms with van der Waals surface area (Å²) in [6.45, 7) is 0. The molecule has 0 unspecified atom stereocenters. The summed E-state index contributed by atoms with van der Waals surface area (Å²) in [7, 11) is 0. The lowest BCUT2D eigenvalue weighted by atomic mass is 9.89. The van der Waals surface area contributed by atoms with Crippen molar-refractivity contribution >= 4 is 17.6 Å². The number of nitrogens with one attached hydrogen (secondary N) is 1. The van der Waals surface area contributed by atoms with Crippen LogP contribution in [0.15, 0.2) is 54.6 Å². The third-order valence-corrected chi connectivity index (χ3v) is 4.31. The van der Waals surface area contributed by atoms with E-state index in [2.05, 4.69) is 5.32 Å². The average Bonchev–Trinajstić information content (AvgIpc) is 2.65. The summed E-state index contributed by atoms with van der Waals surface area (Å²) in [5.74, 6) is 0.234. The summed E-state index contributed by atoms with van der Waals surface area (Å²) in [5.41, 5.74) is 1.27. The van der Waals surface area contributed by atoms with Crippen molar-refractivity contribution in [1.29, 1.82) is 0 Å². The zero-order valence-electron chi connectivity index (χ0n) is 13.5. The van der Waals surface area contributed by atoms with Crippen LogP contribution in [0.2, 0.25) is 0 Å². The molecule has 124 valence electrons. The normalized spacial score (nSPS) is 14.8. The van der Waals surface area contributed by atoms with Crippen LogP contribution in [0.5, 0.6) is 5.75 Å². The molecule has 1 N–H and O–H groups in total. The highest BCUT2D eigenvalue weighted by molar-refractivity contribution is 6.04. The molecule has 1 fully saturated rings. The standard InChI is InChI=1S/C20H21NO3/c22-19(15-7-3-1-4-8-15)21-17-11-13-18(14-12-17)24-20(23)16-9-5-2-6-10-16/h1,3-4,7-8,11-14,16H,2,5-6,9-10H2,(H,21,22). The van der Waals surface area contributed by atoms with Crippen molar-refractivity contribution in [2.45, 2.75) is 32.1 Å². The third-order valence-electron chi connectivity index (χ3n) is 4.31. The Labute approximate surface area is 141 Å². The molecule has 0 saturated heterocycles. The van der Waals surface area contributed by atoms with Crippen molar-refractivity contribution in [3.05, 3.63) is 60.2 Å². The minimum Gasteiger partial charge on any atom is -0.426 e. The van der Waals surface area contributed by atoms with E-state index in [1.54, 1.807) is 36.4 Å². The minimum atomic E-state index is -0.164. The molecular weight excluding hydrogens is 302 g/mol. The summed E-state index contributed by atoms with van der Waals surface area (Å²) in [5, 5.41) is 2.82. The minimum absolute atomic E-state index is 0.0243. The predicted octanol–water partition coefficient (Wildman–Crippen LogP) is 4.42. The van der Waals surface area contributed by atoms with Crippen LogP contribution < -0.4 is 10.1 Å². The van der Waals surface area contributed by atoms with Crippen LogP contribution in [0.4, 0.5) is 5.69 Å². The van der Waals surface area contributed by atoms with Gasteiger partial charge in [0.25, 0.3) is 5.91 Å². The van der Waals surface area contributed by atoms with Crippen LogP contribution in [0.25, 0.3) is 0 Å². The van der Waals surface area contributed by atoms with Gasteiger partial charge in [0, 0.05) is 11.3 Å². The smallest absolute Gasteiger partial charge is 0.314 e. The van der Waals surface area contributed by atoms with Gasteiger partial charge in [-0.05, 0) is 49.2 Å². The van der Waals surface area contributed by atoms with Gasteiger partial charge >= 0.3 is 5.97 Å². The molecule has 0 heterocycles. The average molecular weight is 323 g/mol. The Morgan fingerprint density at radius 2 is 1.54 bits per heavy atom. The van der Waals surface area contributed by atoms with Crippen molar-refractivity contribution in [2.24, 2.45) is 5.92 Å². The number of esters is 1. The Bertz CT molecular complexity index is 689. The van der Waals surface area contributed by atoms with E-state index < -0.39 is 0 Å². The number of rotatable bonds is 4. The van der Waals surface area contributed by atoms with Gasteiger partial charge in [-0.15, -0.1) is 0 Å². The van der Waals surface area contributed by atoms with Crippen molar-refractivity contribution in [1.82, 2.24) is 0 Å². The van der Waals surface area contributed by atoms with Crippen molar-refractivity contribution in [3.63, 3.8) is 0 Å². The highest BCUT2D eigenvalue weighted by Crippen LogP contribution is 2.26. The van der Waals surface area contributed by atoms with Crippen molar-refractivity contribution in [3.8, 4) is 5.75 Å². The summed E-state index contributed by atoms with van der Waals surface area (Å²) >= 11 is 0. The number of amides is 1. The topological polar surface area (TPSA) is 55.4 Å². The first-order valence-electron chi connectivity index (χ1n) is 8.40. The Kier molecular flexibility index (Phi) is 5.26. The van der Waals surface area contributed by atoms with Gasteiger partial charge in [0.2, 0.25) is 0 Å². The van der Waals surface area contributed by atoms with Crippen LogP contribution in [0.3, 0.4) is 0 Å². The fourth-order valence-corrected chi connectivity index (χ4v) is 2.94. The maximum Gasteiger partial charge on any atom is 0.314 e. The van der Waals surface area contributed by atoms with E-state index in [1.165, 1.54) is 6.42 Å². The molecule has 2 aromatic rings. The van der Waals surface area contributed by atoms with Crippen LogP contribution in [0, 0.1) is 5.92 Å². The summed E-state index contributed by atoms with van der Waals surface area (Å²) < 4.78 is 5.45. The van der Waals surface area contributed by atoms with Gasteiger partial charge in [-0.1, -0.05) is 37.5 Å². The number of ether oxygens (including phenoxy) is 1. The van der Waals surface area contributed by atoms with Crippen LogP contribution >= 0.6 is 0 Å². The lowest BCUT2D eigenvalue weighted by Crippen LogP contribution is -2.22. The second-order valence-electron chi connectivity index (χ2n) is 6.10. The SMILES string of the molecule is O=C(Nc1ccc(OC(=O)C2CCCCC2)cc1)c1ccccc1. The molecule has 4 heteroatoms. The molecule has 0 spiro atoms. The molecule has 24 heavy (non-hydrogen) atoms. The van der Waals surface area contributed by atoms with E-state index in [0.717, 1.165) is 25.7 Å². The van der Waals surface area contributed by atoms with Crippen molar-refractivity contribution < 1.29 is 14.3 Å². The molecule has 1 aliphatic rings. The summed E-state index contributed by atoms with van der Waals surface area (Å²) in [6.07, 6.45) is 5.25. The van der Waals surface area contributed by atoms with Gasteiger partial charge < -0.3 is 10.1 Å². The number of carbonyl (C=O) groups is 2. The molecule has 3 rings (SSSR count). The molecule has 4 nitrogen and oxygen atoms in total. The number of carbonyl (C=O) groups excluding carboxylic acids is 2. The number of anilines is 1. The first kappa shape index (κ1) is 16.2. The first-order valence-corrected chi connectivity index (χ1v) is 8.40. The highest BCUT2D eigenvalue weighted by atomic mass is 16.5. The predicted molar refractivity (Wildman–Crippen MR) is 93.0 cm³/mol. The molecule has 0 aromatic heterocycles. The fraction of sp³-hybridized carbons (Fsp3) is 0.300. The fourth-order valence-electron chi connectivity index (χ4n) is 2.94. The zero-order valence-corrected chi connectivity index (χ0v) is 13.5. The molecule has 0 aliphatic heterocycles. The second kappa shape index (κ2) is 7.77. The Balaban J connectivity index is 1.57. The van der Waals surface area contributed by atoms with Crippen molar-refractivity contribution in [2.75, 3.05) is 5.32 Å². The highest BCUT2D eigenvalue weighted by Gasteiger charge is 2.22. The van der Waals surface area contributed by atoms with Gasteiger partial charge in [-0.3, -0.25) is 9.59 Å². The quantitative estimate of drug-likeness (QED) is 0.669.